The summed E-state index contributed by atoms with van der Waals surface area (Å²) in [5.41, 5.74) is 5.65. The van der Waals surface area contributed by atoms with E-state index in [4.69, 9.17) is 0 Å². The Labute approximate surface area is 127 Å². The molecule has 0 radical (unpaired) electrons. The molecule has 2 aliphatic rings. The second-order valence-corrected chi connectivity index (χ2v) is 5.66. The molecule has 2 aliphatic carbocycles. The van der Waals surface area contributed by atoms with Crippen LogP contribution in [0.15, 0.2) is 41.2 Å². The van der Waals surface area contributed by atoms with Gasteiger partial charge in [0.25, 0.3) is 0 Å². The van der Waals surface area contributed by atoms with Crippen LogP contribution in [0.1, 0.15) is 39.5 Å². The molecule has 0 spiro atoms. The van der Waals surface area contributed by atoms with E-state index in [-0.39, 0.29) is 5.92 Å². The zero-order valence-corrected chi connectivity index (χ0v) is 12.9. The molecule has 0 aromatic carbocycles. The van der Waals surface area contributed by atoms with Crippen molar-refractivity contribution in [1.29, 1.82) is 0 Å². The Morgan fingerprint density at radius 2 is 2.29 bits per heavy atom. The van der Waals surface area contributed by atoms with Crippen molar-refractivity contribution in [3.8, 4) is 11.8 Å². The summed E-state index contributed by atoms with van der Waals surface area (Å²) < 4.78 is 0. The summed E-state index contributed by atoms with van der Waals surface area (Å²) in [5, 5.41) is 0. The summed E-state index contributed by atoms with van der Waals surface area (Å²) in [6.07, 6.45) is 13.3. The van der Waals surface area contributed by atoms with Crippen molar-refractivity contribution in [2.75, 3.05) is 6.54 Å². The summed E-state index contributed by atoms with van der Waals surface area (Å²) in [5.74, 6) is 6.64. The molecule has 2 rings (SSSR count). The molecule has 1 fully saturated rings. The van der Waals surface area contributed by atoms with Gasteiger partial charge in [-0.25, -0.2) is 0 Å². The highest BCUT2D eigenvalue weighted by Gasteiger charge is 2.28. The van der Waals surface area contributed by atoms with Crippen LogP contribution in [0.2, 0.25) is 0 Å². The minimum atomic E-state index is 0.127. The van der Waals surface area contributed by atoms with E-state index < -0.39 is 0 Å². The van der Waals surface area contributed by atoms with Crippen LogP contribution in [0.3, 0.4) is 0 Å². The molecule has 0 heterocycles. The predicted molar refractivity (Wildman–Crippen MR) is 86.5 cm³/mol. The summed E-state index contributed by atoms with van der Waals surface area (Å²) in [6, 6.07) is 0.451. The summed E-state index contributed by atoms with van der Waals surface area (Å²) in [4.78, 5) is 13.0. The molecule has 0 aromatic rings. The number of hydrogen-bond donors (Lipinski definition) is 0. The zero-order chi connectivity index (χ0) is 15.1. The van der Waals surface area contributed by atoms with Crippen molar-refractivity contribution < 1.29 is 4.79 Å². The maximum absolute atomic E-state index is 11.1. The third kappa shape index (κ3) is 4.81. The highest BCUT2D eigenvalue weighted by Crippen LogP contribution is 2.26. The van der Waals surface area contributed by atoms with Gasteiger partial charge in [0.2, 0.25) is 6.41 Å². The molecule has 21 heavy (non-hydrogen) atoms. The molecule has 110 valence electrons. The second-order valence-electron chi connectivity index (χ2n) is 5.66. The lowest BCUT2D eigenvalue weighted by Gasteiger charge is -2.19. The van der Waals surface area contributed by atoms with Gasteiger partial charge in [0.15, 0.2) is 0 Å². The van der Waals surface area contributed by atoms with Crippen LogP contribution in [0, 0.1) is 17.8 Å². The first-order valence-corrected chi connectivity index (χ1v) is 7.73. The quantitative estimate of drug-likeness (QED) is 0.413. The van der Waals surface area contributed by atoms with Crippen LogP contribution in [0.4, 0.5) is 0 Å². The average molecular weight is 281 g/mol. The van der Waals surface area contributed by atoms with E-state index in [1.807, 2.05) is 17.1 Å². The normalized spacial score (nSPS) is 25.5. The fraction of sp³-hybridized carbons (Fsp3) is 0.474. The number of hydrogen-bond acceptors (Lipinski definition) is 1. The van der Waals surface area contributed by atoms with Crippen molar-refractivity contribution >= 4 is 6.41 Å². The standard InChI is InChI=1S/C19H23NO/c1-3-4-5-9-18-11-10-17(8-6-7-16(18)2)14-20(15-21)19-12-13-19/h4,9-11,15,17,19H,3,7,12-14H2,1-2H3/b11-10-,18-16-. The van der Waals surface area contributed by atoms with Gasteiger partial charge < -0.3 is 4.90 Å². The minimum absolute atomic E-state index is 0.127. The first-order valence-electron chi connectivity index (χ1n) is 7.73. The Morgan fingerprint density at radius 3 is 2.95 bits per heavy atom. The molecule has 0 aromatic heterocycles. The summed E-state index contributed by atoms with van der Waals surface area (Å²) >= 11 is 0. The number of carbonyl (C=O) groups excluding carboxylic acids is 1. The average Bonchev–Trinajstić information content (AvgIpc) is 3.29. The molecular formula is C19H23NO. The van der Waals surface area contributed by atoms with Crippen molar-refractivity contribution in [2.24, 2.45) is 5.92 Å². The Hall–Kier alpha value is -1.97. The van der Waals surface area contributed by atoms with Gasteiger partial charge in [-0.3, -0.25) is 4.79 Å². The third-order valence-electron chi connectivity index (χ3n) is 3.76. The lowest BCUT2D eigenvalue weighted by atomic mass is 9.99. The van der Waals surface area contributed by atoms with E-state index in [0.717, 1.165) is 32.1 Å². The first-order chi connectivity index (χ1) is 10.2. The van der Waals surface area contributed by atoms with Crippen LogP contribution in [-0.2, 0) is 4.79 Å². The van der Waals surface area contributed by atoms with Crippen molar-refractivity contribution in [1.82, 2.24) is 4.90 Å². The van der Waals surface area contributed by atoms with Crippen LogP contribution >= 0.6 is 0 Å². The van der Waals surface area contributed by atoms with E-state index in [0.29, 0.717) is 12.6 Å². The summed E-state index contributed by atoms with van der Waals surface area (Å²) in [6.45, 7) is 4.92. The molecule has 1 atom stereocenters. The van der Waals surface area contributed by atoms with Gasteiger partial charge in [-0.1, -0.05) is 36.5 Å². The monoisotopic (exact) mass is 281 g/mol. The summed E-state index contributed by atoms with van der Waals surface area (Å²) in [7, 11) is 0. The molecule has 1 saturated carbocycles. The lowest BCUT2D eigenvalue weighted by Crippen LogP contribution is -2.29. The van der Waals surface area contributed by atoms with Gasteiger partial charge in [0.1, 0.15) is 0 Å². The third-order valence-corrected chi connectivity index (χ3v) is 3.76. The van der Waals surface area contributed by atoms with E-state index in [1.165, 1.54) is 11.1 Å². The number of nitrogens with zero attached hydrogens (tertiary/aromatic N) is 1. The largest absolute Gasteiger partial charge is 0.341 e. The van der Waals surface area contributed by atoms with Gasteiger partial charge in [0, 0.05) is 19.0 Å². The Morgan fingerprint density at radius 1 is 1.48 bits per heavy atom. The first kappa shape index (κ1) is 15.4. The van der Waals surface area contributed by atoms with Gasteiger partial charge >= 0.3 is 0 Å². The second kappa shape index (κ2) is 7.72. The van der Waals surface area contributed by atoms with Crippen LogP contribution < -0.4 is 0 Å². The van der Waals surface area contributed by atoms with Gasteiger partial charge in [0.05, 0.1) is 5.92 Å². The lowest BCUT2D eigenvalue weighted by molar-refractivity contribution is -0.118. The SMILES string of the molecule is CCC=C=CC1=C(\C)CC#CC(CN(C=O)C2CC2)/C=C\1. The Balaban J connectivity index is 2.09. The Kier molecular flexibility index (Phi) is 5.67. The van der Waals surface area contributed by atoms with Crippen molar-refractivity contribution in [3.05, 3.63) is 41.2 Å². The highest BCUT2D eigenvalue weighted by atomic mass is 16.1. The van der Waals surface area contributed by atoms with E-state index >= 15 is 0 Å². The highest BCUT2D eigenvalue weighted by molar-refractivity contribution is 5.49. The maximum atomic E-state index is 11.1. The molecule has 1 amide bonds. The van der Waals surface area contributed by atoms with E-state index in [9.17, 15) is 4.79 Å². The molecular weight excluding hydrogens is 258 g/mol. The topological polar surface area (TPSA) is 20.3 Å². The number of amides is 1. The molecule has 2 heteroatoms. The van der Waals surface area contributed by atoms with Crippen LogP contribution in [0.25, 0.3) is 0 Å². The number of carbonyl (C=O) groups is 1. The molecule has 0 N–H and O–H groups in total. The van der Waals surface area contributed by atoms with Crippen LogP contribution in [-0.4, -0.2) is 23.9 Å². The fourth-order valence-corrected chi connectivity index (χ4v) is 2.28. The minimum Gasteiger partial charge on any atom is -0.341 e. The van der Waals surface area contributed by atoms with E-state index in [1.54, 1.807) is 0 Å². The van der Waals surface area contributed by atoms with Crippen molar-refractivity contribution in [3.63, 3.8) is 0 Å². The number of allylic oxidation sites excluding steroid dienone is 4. The predicted octanol–water partition coefficient (Wildman–Crippen LogP) is 3.62. The fourth-order valence-electron chi connectivity index (χ4n) is 2.28. The maximum Gasteiger partial charge on any atom is 0.210 e. The molecule has 1 unspecified atom stereocenters. The smallest absolute Gasteiger partial charge is 0.210 e. The molecule has 0 bridgehead atoms. The van der Waals surface area contributed by atoms with Gasteiger partial charge in [-0.15, -0.1) is 5.73 Å². The van der Waals surface area contributed by atoms with Crippen LogP contribution in [0.5, 0.6) is 0 Å². The zero-order valence-electron chi connectivity index (χ0n) is 12.9. The van der Waals surface area contributed by atoms with Gasteiger partial charge in [-0.05, 0) is 43.9 Å². The molecule has 2 nitrogen and oxygen atoms in total. The van der Waals surface area contributed by atoms with Crippen molar-refractivity contribution in [2.45, 2.75) is 45.6 Å². The molecule has 0 aliphatic heterocycles. The molecule has 0 saturated heterocycles. The Bertz CT molecular complexity index is 560. The van der Waals surface area contributed by atoms with Gasteiger partial charge in [-0.2, -0.15) is 0 Å². The number of rotatable bonds is 6. The van der Waals surface area contributed by atoms with E-state index in [2.05, 4.69) is 43.6 Å².